The molecule has 9 heteroatoms. The van der Waals surface area contributed by atoms with Gasteiger partial charge in [0, 0.05) is 12.4 Å². The van der Waals surface area contributed by atoms with Gasteiger partial charge in [0.2, 0.25) is 0 Å². The molecular weight excluding hydrogens is 339 g/mol. The molecular formula is C13H23NaO6S2. The van der Waals surface area contributed by atoms with Gasteiger partial charge in [-0.05, 0) is 23.3 Å². The van der Waals surface area contributed by atoms with E-state index in [-0.39, 0.29) is 47.5 Å². The van der Waals surface area contributed by atoms with Crippen LogP contribution in [0, 0.1) is 5.41 Å². The van der Waals surface area contributed by atoms with E-state index < -0.39 is 21.5 Å². The first-order valence-electron chi connectivity index (χ1n) is 6.42. The summed E-state index contributed by atoms with van der Waals surface area (Å²) in [7, 11) is -2.91. The van der Waals surface area contributed by atoms with E-state index in [4.69, 9.17) is 4.74 Å². The minimum absolute atomic E-state index is 0. The van der Waals surface area contributed by atoms with Crippen molar-refractivity contribution in [1.82, 2.24) is 0 Å². The van der Waals surface area contributed by atoms with Crippen LogP contribution < -0.4 is 29.6 Å². The predicted molar refractivity (Wildman–Crippen MR) is 82.3 cm³/mol. The average Bonchev–Trinajstić information content (AvgIpc) is 2.33. The van der Waals surface area contributed by atoms with Crippen LogP contribution in [0.2, 0.25) is 0 Å². The fourth-order valence-electron chi connectivity index (χ4n) is 1.53. The molecule has 0 rings (SSSR count). The van der Waals surface area contributed by atoms with E-state index in [0.717, 1.165) is 12.2 Å². The van der Waals surface area contributed by atoms with Crippen molar-refractivity contribution >= 4 is 27.8 Å². The number of methoxy groups -OCH3 is 1. The summed E-state index contributed by atoms with van der Waals surface area (Å²) in [6.07, 6.45) is 0.763. The molecule has 0 radical (unpaired) electrons. The monoisotopic (exact) mass is 362 g/mol. The van der Waals surface area contributed by atoms with E-state index in [9.17, 15) is 17.8 Å². The molecule has 0 atom stereocenters. The van der Waals surface area contributed by atoms with E-state index in [1.807, 2.05) is 0 Å². The second kappa shape index (κ2) is 11.9. The molecule has 0 aromatic heterocycles. The van der Waals surface area contributed by atoms with Gasteiger partial charge in [0.05, 0.1) is 29.4 Å². The van der Waals surface area contributed by atoms with Crippen LogP contribution in [0.3, 0.4) is 0 Å². The topological polar surface area (TPSA) is 92.7 Å². The third-order valence-electron chi connectivity index (χ3n) is 2.39. The zero-order chi connectivity index (χ0) is 16.5. The Labute approximate surface area is 159 Å². The van der Waals surface area contributed by atoms with Crippen LogP contribution in [0.15, 0.2) is 12.2 Å². The van der Waals surface area contributed by atoms with E-state index in [1.165, 1.54) is 7.11 Å². The number of carbonyl (C=O) groups is 1. The number of ether oxygens (including phenoxy) is 2. The summed E-state index contributed by atoms with van der Waals surface area (Å²) in [4.78, 5) is 11.0. The average molecular weight is 362 g/mol. The summed E-state index contributed by atoms with van der Waals surface area (Å²) in [5.41, 5.74) is -0.266. The number of hydrogen-bond donors (Lipinski definition) is 0. The van der Waals surface area contributed by atoms with Crippen molar-refractivity contribution in [2.45, 2.75) is 20.3 Å². The van der Waals surface area contributed by atoms with Crippen molar-refractivity contribution in [1.29, 1.82) is 0 Å². The Hall–Kier alpha value is 0.430. The second-order valence-corrected chi connectivity index (χ2v) is 7.93. The number of esters is 1. The number of thioether (sulfide) groups is 1. The molecule has 0 unspecified atom stereocenters. The largest absolute Gasteiger partial charge is 1.00 e. The minimum Gasteiger partial charge on any atom is -0.748 e. The van der Waals surface area contributed by atoms with Crippen molar-refractivity contribution in [2.75, 3.05) is 37.6 Å². The fourth-order valence-corrected chi connectivity index (χ4v) is 3.84. The van der Waals surface area contributed by atoms with Crippen molar-refractivity contribution in [3.63, 3.8) is 0 Å². The van der Waals surface area contributed by atoms with Crippen molar-refractivity contribution in [3.05, 3.63) is 12.2 Å². The molecule has 0 aliphatic heterocycles. The molecule has 0 aromatic rings. The Bertz CT molecular complexity index is 447. The quantitative estimate of drug-likeness (QED) is 0.144. The van der Waals surface area contributed by atoms with Crippen LogP contribution in [0.25, 0.3) is 0 Å². The molecule has 0 aliphatic rings. The summed E-state index contributed by atoms with van der Waals surface area (Å²) in [6, 6.07) is 0. The van der Waals surface area contributed by atoms with E-state index in [0.29, 0.717) is 12.4 Å². The number of hydrogen-bond acceptors (Lipinski definition) is 7. The maximum atomic E-state index is 11.0. The van der Waals surface area contributed by atoms with Gasteiger partial charge in [0.15, 0.2) is 0 Å². The van der Waals surface area contributed by atoms with Gasteiger partial charge in [-0.25, -0.2) is 13.2 Å². The molecule has 0 bridgehead atoms. The van der Waals surface area contributed by atoms with Crippen LogP contribution in [0.5, 0.6) is 0 Å². The first-order valence-corrected chi connectivity index (χ1v) is 9.16. The van der Waals surface area contributed by atoms with Gasteiger partial charge in [-0.15, -0.1) is 0 Å². The van der Waals surface area contributed by atoms with E-state index >= 15 is 0 Å². The zero-order valence-corrected chi connectivity index (χ0v) is 17.3. The normalized spacial score (nSPS) is 11.6. The fraction of sp³-hybridized carbons (Fsp3) is 0.769. The van der Waals surface area contributed by atoms with E-state index in [2.05, 4.69) is 11.3 Å². The molecule has 0 saturated carbocycles. The van der Waals surface area contributed by atoms with Crippen LogP contribution in [-0.4, -0.2) is 56.5 Å². The van der Waals surface area contributed by atoms with Crippen LogP contribution in [0.4, 0.5) is 0 Å². The van der Waals surface area contributed by atoms with Gasteiger partial charge in [0.25, 0.3) is 0 Å². The minimum atomic E-state index is -4.19. The molecule has 0 N–H and O–H groups in total. The second-order valence-electron chi connectivity index (χ2n) is 5.42. The first kappa shape index (κ1) is 24.7. The Morgan fingerprint density at radius 3 is 2.45 bits per heavy atom. The number of carbonyl (C=O) groups excluding carboxylic acids is 1. The molecule has 22 heavy (non-hydrogen) atoms. The summed E-state index contributed by atoms with van der Waals surface area (Å²) >= 11 is 1.57. The van der Waals surface area contributed by atoms with Gasteiger partial charge in [-0.2, -0.15) is 11.8 Å². The summed E-state index contributed by atoms with van der Waals surface area (Å²) in [6.45, 7) is 7.66. The van der Waals surface area contributed by atoms with Gasteiger partial charge < -0.3 is 14.0 Å². The van der Waals surface area contributed by atoms with Gasteiger partial charge in [-0.3, -0.25) is 0 Å². The smallest absolute Gasteiger partial charge is 0.748 e. The Kier molecular flexibility index (Phi) is 13.3. The van der Waals surface area contributed by atoms with Crippen LogP contribution in [-0.2, 0) is 24.4 Å². The van der Waals surface area contributed by atoms with E-state index in [1.54, 1.807) is 25.6 Å². The molecule has 124 valence electrons. The van der Waals surface area contributed by atoms with Gasteiger partial charge in [0.1, 0.15) is 0 Å². The Morgan fingerprint density at radius 1 is 1.36 bits per heavy atom. The molecule has 0 aliphatic carbocycles. The summed E-state index contributed by atoms with van der Waals surface area (Å²) in [5.74, 6) is 0.531. The molecule has 0 spiro atoms. The summed E-state index contributed by atoms with van der Waals surface area (Å²) in [5, 5.41) is 0. The molecule has 0 fully saturated rings. The Morgan fingerprint density at radius 2 is 1.95 bits per heavy atom. The Balaban J connectivity index is 0. The third-order valence-corrected chi connectivity index (χ3v) is 5.09. The summed E-state index contributed by atoms with van der Waals surface area (Å²) < 4.78 is 42.0. The van der Waals surface area contributed by atoms with Gasteiger partial charge >= 0.3 is 35.5 Å². The molecule has 0 amide bonds. The number of rotatable bonds is 11. The standard InChI is InChI=1S/C13H24O6S2.Na/c1-11(12(14)18-4)8-19-6-5-7-20-9-13(2,3)10-21(15,16)17;/h1,5-10H2,2-4H3,(H,15,16,17);/q;+1/p-1. The van der Waals surface area contributed by atoms with Gasteiger partial charge in [-0.1, -0.05) is 20.4 Å². The van der Waals surface area contributed by atoms with Crippen LogP contribution in [0.1, 0.15) is 20.3 Å². The third kappa shape index (κ3) is 14.0. The van der Waals surface area contributed by atoms with Crippen molar-refractivity contribution < 1.29 is 56.8 Å². The van der Waals surface area contributed by atoms with Crippen molar-refractivity contribution in [3.8, 4) is 0 Å². The zero-order valence-electron chi connectivity index (χ0n) is 13.7. The molecule has 6 nitrogen and oxygen atoms in total. The first-order chi connectivity index (χ1) is 9.57. The molecule has 0 heterocycles. The SMILES string of the molecule is C=C(COCCCSCC(C)(C)CS(=O)(=O)[O-])C(=O)OC.[Na+]. The maximum absolute atomic E-state index is 11.0. The van der Waals surface area contributed by atoms with Crippen LogP contribution >= 0.6 is 11.8 Å². The maximum Gasteiger partial charge on any atom is 1.00 e. The predicted octanol–water partition coefficient (Wildman–Crippen LogP) is -1.57. The van der Waals surface area contributed by atoms with Crippen molar-refractivity contribution in [2.24, 2.45) is 5.41 Å². The molecule has 0 aromatic carbocycles. The molecule has 0 saturated heterocycles.